The van der Waals surface area contributed by atoms with Crippen LogP contribution in [0.4, 0.5) is 0 Å². The van der Waals surface area contributed by atoms with Crippen molar-refractivity contribution in [3.8, 4) is 0 Å². The van der Waals surface area contributed by atoms with Crippen LogP contribution in [-0.4, -0.2) is 88.4 Å². The number of nitrogens with zero attached hydrogens (tertiary/aromatic N) is 2. The van der Waals surface area contributed by atoms with Crippen molar-refractivity contribution in [3.63, 3.8) is 0 Å². The molecule has 2 aromatic rings. The van der Waals surface area contributed by atoms with Crippen molar-refractivity contribution in [1.29, 1.82) is 0 Å². The van der Waals surface area contributed by atoms with E-state index in [1.54, 1.807) is 20.9 Å². The SMILES string of the molecule is CC(C)[C@H](NC(=O)CCc1ccccc1)C(=O)N[C@@H](C)C(=O)NN(CC(=O)O)C(=O)[C@H]1O[C@@H]1C(=O)N(C)Cc1ccccc1. The average Bonchev–Trinajstić information content (AvgIpc) is 3.79. The maximum atomic E-state index is 13.0. The Bertz CT molecular complexity index is 1340. The predicted molar refractivity (Wildman–Crippen MR) is 158 cm³/mol. The van der Waals surface area contributed by atoms with Gasteiger partial charge in [-0.3, -0.25) is 34.2 Å². The van der Waals surface area contributed by atoms with Crippen LogP contribution in [0.5, 0.6) is 0 Å². The third-order valence-corrected chi connectivity index (χ3v) is 6.92. The van der Waals surface area contributed by atoms with E-state index in [0.717, 1.165) is 11.1 Å². The van der Waals surface area contributed by atoms with Crippen molar-refractivity contribution >= 4 is 35.5 Å². The molecular formula is C31H39N5O8. The number of hydrogen-bond donors (Lipinski definition) is 4. The highest BCUT2D eigenvalue weighted by Crippen LogP contribution is 2.26. The lowest BCUT2D eigenvalue weighted by atomic mass is 10.0. The Labute approximate surface area is 255 Å². The molecule has 44 heavy (non-hydrogen) atoms. The van der Waals surface area contributed by atoms with Gasteiger partial charge in [0.05, 0.1) is 0 Å². The number of hydrogen-bond acceptors (Lipinski definition) is 7. The van der Waals surface area contributed by atoms with E-state index in [4.69, 9.17) is 4.74 Å². The summed E-state index contributed by atoms with van der Waals surface area (Å²) in [6.45, 7) is 4.20. The molecule has 0 aromatic heterocycles. The van der Waals surface area contributed by atoms with Gasteiger partial charge in [0.25, 0.3) is 17.7 Å². The number of nitrogens with one attached hydrogen (secondary N) is 3. The van der Waals surface area contributed by atoms with Gasteiger partial charge in [-0.05, 0) is 30.4 Å². The predicted octanol–water partition coefficient (Wildman–Crippen LogP) is 0.635. The highest BCUT2D eigenvalue weighted by molar-refractivity contribution is 5.97. The van der Waals surface area contributed by atoms with Crippen LogP contribution in [0.1, 0.15) is 38.3 Å². The van der Waals surface area contributed by atoms with Crippen LogP contribution in [0.2, 0.25) is 0 Å². The highest BCUT2D eigenvalue weighted by Gasteiger charge is 2.53. The fourth-order valence-corrected chi connectivity index (χ4v) is 4.38. The Hall–Kier alpha value is -4.78. The molecule has 236 valence electrons. The topological polar surface area (TPSA) is 178 Å². The van der Waals surface area contributed by atoms with Crippen LogP contribution in [0.15, 0.2) is 60.7 Å². The fraction of sp³-hybridized carbons (Fsp3) is 0.419. The molecule has 1 saturated heterocycles. The number of aliphatic carboxylic acids is 1. The summed E-state index contributed by atoms with van der Waals surface area (Å²) < 4.78 is 5.27. The Morgan fingerprint density at radius 3 is 1.95 bits per heavy atom. The van der Waals surface area contributed by atoms with Crippen molar-refractivity contribution in [2.45, 2.75) is 64.4 Å². The molecule has 4 N–H and O–H groups in total. The van der Waals surface area contributed by atoms with E-state index < -0.39 is 60.4 Å². The number of hydrazine groups is 1. The molecule has 1 heterocycles. The number of carbonyl (C=O) groups excluding carboxylic acids is 5. The minimum Gasteiger partial charge on any atom is -0.480 e. The molecule has 4 atom stereocenters. The second-order valence-corrected chi connectivity index (χ2v) is 11.0. The van der Waals surface area contributed by atoms with Crippen LogP contribution >= 0.6 is 0 Å². The van der Waals surface area contributed by atoms with Crippen LogP contribution < -0.4 is 16.1 Å². The largest absolute Gasteiger partial charge is 0.480 e. The number of ether oxygens (including phenoxy) is 1. The maximum absolute atomic E-state index is 13.0. The molecule has 13 heteroatoms. The van der Waals surface area contributed by atoms with Crippen molar-refractivity contribution in [3.05, 3.63) is 71.8 Å². The Balaban J connectivity index is 1.54. The van der Waals surface area contributed by atoms with Crippen LogP contribution in [0, 0.1) is 5.92 Å². The molecule has 2 aromatic carbocycles. The Kier molecular flexibility index (Phi) is 12.0. The zero-order chi connectivity index (χ0) is 32.4. The van der Waals surface area contributed by atoms with E-state index in [1.165, 1.54) is 11.8 Å². The van der Waals surface area contributed by atoms with Gasteiger partial charge < -0.3 is 25.4 Å². The van der Waals surface area contributed by atoms with Crippen LogP contribution in [-0.2, 0) is 46.5 Å². The van der Waals surface area contributed by atoms with E-state index in [0.29, 0.717) is 11.4 Å². The number of carboxylic acid groups (broad SMARTS) is 1. The van der Waals surface area contributed by atoms with Gasteiger partial charge in [0.2, 0.25) is 11.8 Å². The summed E-state index contributed by atoms with van der Waals surface area (Å²) in [5.74, 6) is -4.95. The number of aryl methyl sites for hydroxylation is 1. The zero-order valence-electron chi connectivity index (χ0n) is 25.2. The molecule has 0 spiro atoms. The average molecular weight is 610 g/mol. The minimum absolute atomic E-state index is 0.164. The Morgan fingerprint density at radius 2 is 1.39 bits per heavy atom. The van der Waals surface area contributed by atoms with Gasteiger partial charge in [0.1, 0.15) is 18.6 Å². The minimum atomic E-state index is -1.42. The monoisotopic (exact) mass is 609 g/mol. The normalized spacial score (nSPS) is 16.7. The first-order chi connectivity index (χ1) is 20.9. The van der Waals surface area contributed by atoms with Crippen LogP contribution in [0.3, 0.4) is 0 Å². The van der Waals surface area contributed by atoms with Crippen molar-refractivity contribution in [1.82, 2.24) is 26.0 Å². The van der Waals surface area contributed by atoms with Crippen molar-refractivity contribution in [2.24, 2.45) is 5.92 Å². The summed E-state index contributed by atoms with van der Waals surface area (Å²) in [5, 5.41) is 15.1. The summed E-state index contributed by atoms with van der Waals surface area (Å²) >= 11 is 0. The van der Waals surface area contributed by atoms with Gasteiger partial charge in [-0.1, -0.05) is 74.5 Å². The summed E-state index contributed by atoms with van der Waals surface area (Å²) in [7, 11) is 1.55. The molecular weight excluding hydrogens is 570 g/mol. The summed E-state index contributed by atoms with van der Waals surface area (Å²) in [6, 6.07) is 16.5. The summed E-state index contributed by atoms with van der Waals surface area (Å²) in [5.41, 5.74) is 4.05. The van der Waals surface area contributed by atoms with Crippen molar-refractivity contribution < 1.29 is 38.6 Å². The number of carbonyl (C=O) groups is 6. The van der Waals surface area contributed by atoms with Gasteiger partial charge in [0.15, 0.2) is 12.2 Å². The molecule has 1 aliphatic heterocycles. The van der Waals surface area contributed by atoms with Gasteiger partial charge in [-0.25, -0.2) is 5.01 Å². The first kappa shape index (κ1) is 33.7. The number of carboxylic acids is 1. The summed E-state index contributed by atoms with van der Waals surface area (Å²) in [4.78, 5) is 77.1. The number of likely N-dealkylation sites (N-methyl/N-ethyl adjacent to an activating group) is 1. The van der Waals surface area contributed by atoms with E-state index >= 15 is 0 Å². The van der Waals surface area contributed by atoms with Crippen molar-refractivity contribution in [2.75, 3.05) is 13.6 Å². The quantitative estimate of drug-likeness (QED) is 0.178. The lowest BCUT2D eigenvalue weighted by Gasteiger charge is -2.26. The third kappa shape index (κ3) is 9.90. The van der Waals surface area contributed by atoms with Gasteiger partial charge in [-0.15, -0.1) is 0 Å². The summed E-state index contributed by atoms with van der Waals surface area (Å²) in [6.07, 6.45) is -1.75. The molecule has 1 fully saturated rings. The number of amides is 5. The molecule has 0 bridgehead atoms. The number of epoxide rings is 1. The maximum Gasteiger partial charge on any atom is 0.325 e. The smallest absolute Gasteiger partial charge is 0.325 e. The van der Waals surface area contributed by atoms with Crippen LogP contribution in [0.25, 0.3) is 0 Å². The standard InChI is InChI=1S/C31H39N5O8/c1-19(2)25(33-23(37)16-15-21-11-7-5-8-12-21)29(41)32-20(3)28(40)34-36(18-24(38)39)31(43)27-26(44-27)30(42)35(4)17-22-13-9-6-10-14-22/h5-14,19-20,25-27H,15-18H2,1-4H3,(H,32,41)(H,33,37)(H,34,40)(H,38,39)/t20-,25-,26-,27-/m0/s1. The lowest BCUT2D eigenvalue weighted by molar-refractivity contribution is -0.151. The molecule has 3 rings (SSSR count). The number of benzene rings is 2. The first-order valence-corrected chi connectivity index (χ1v) is 14.3. The second kappa shape index (κ2) is 15.6. The second-order valence-electron chi connectivity index (χ2n) is 11.0. The number of rotatable bonds is 14. The lowest BCUT2D eigenvalue weighted by Crippen LogP contribution is -2.58. The van der Waals surface area contributed by atoms with E-state index in [1.807, 2.05) is 60.7 Å². The van der Waals surface area contributed by atoms with E-state index in [9.17, 15) is 33.9 Å². The zero-order valence-corrected chi connectivity index (χ0v) is 25.2. The molecule has 0 aliphatic carbocycles. The Morgan fingerprint density at radius 1 is 0.818 bits per heavy atom. The molecule has 5 amide bonds. The third-order valence-electron chi connectivity index (χ3n) is 6.92. The fourth-order valence-electron chi connectivity index (χ4n) is 4.38. The van der Waals surface area contributed by atoms with E-state index in [-0.39, 0.29) is 24.8 Å². The van der Waals surface area contributed by atoms with Gasteiger partial charge >= 0.3 is 5.97 Å². The molecule has 0 radical (unpaired) electrons. The highest BCUT2D eigenvalue weighted by atomic mass is 16.6. The molecule has 1 aliphatic rings. The first-order valence-electron chi connectivity index (χ1n) is 14.3. The molecule has 0 saturated carbocycles. The van der Waals surface area contributed by atoms with E-state index in [2.05, 4.69) is 16.1 Å². The molecule has 0 unspecified atom stereocenters. The molecule has 13 nitrogen and oxygen atoms in total. The van der Waals surface area contributed by atoms with Gasteiger partial charge in [-0.2, -0.15) is 0 Å². The van der Waals surface area contributed by atoms with Gasteiger partial charge in [0, 0.05) is 20.0 Å².